The SMILES string of the molecule is C=CCCCC.CC(C)O.CCCCCO. The lowest BCUT2D eigenvalue weighted by Crippen LogP contribution is -1.85. The van der Waals surface area contributed by atoms with Gasteiger partial charge >= 0.3 is 0 Å². The van der Waals surface area contributed by atoms with Crippen LogP contribution in [0.3, 0.4) is 0 Å². The van der Waals surface area contributed by atoms with Crippen LogP contribution in [-0.4, -0.2) is 22.9 Å². The summed E-state index contributed by atoms with van der Waals surface area (Å²) in [6.45, 7) is 11.7. The maximum Gasteiger partial charge on any atom is 0.0483 e. The molecule has 2 nitrogen and oxygen atoms in total. The van der Waals surface area contributed by atoms with Crippen molar-refractivity contribution in [1.29, 1.82) is 0 Å². The second kappa shape index (κ2) is 24.1. The molecule has 0 aromatic rings. The highest BCUT2D eigenvalue weighted by Crippen LogP contribution is 1.91. The minimum atomic E-state index is -0.167. The normalized spacial score (nSPS) is 8.69. The van der Waals surface area contributed by atoms with Crippen molar-refractivity contribution in [2.24, 2.45) is 0 Å². The number of unbranched alkanes of at least 4 members (excludes halogenated alkanes) is 4. The van der Waals surface area contributed by atoms with Crippen LogP contribution in [0, 0.1) is 0 Å². The van der Waals surface area contributed by atoms with Gasteiger partial charge < -0.3 is 10.2 Å². The molecule has 0 aromatic heterocycles. The topological polar surface area (TPSA) is 40.5 Å². The smallest absolute Gasteiger partial charge is 0.0483 e. The third kappa shape index (κ3) is 68.3. The molecule has 0 saturated carbocycles. The van der Waals surface area contributed by atoms with Gasteiger partial charge in [-0.05, 0) is 26.7 Å². The highest BCUT2D eigenvalue weighted by molar-refractivity contribution is 4.64. The number of rotatable bonds is 6. The molecule has 16 heavy (non-hydrogen) atoms. The van der Waals surface area contributed by atoms with Crippen molar-refractivity contribution >= 4 is 0 Å². The second-order valence-electron chi connectivity index (χ2n) is 3.96. The van der Waals surface area contributed by atoms with Gasteiger partial charge in [-0.2, -0.15) is 0 Å². The first-order valence-electron chi connectivity index (χ1n) is 6.46. The van der Waals surface area contributed by atoms with Gasteiger partial charge in [0.05, 0.1) is 0 Å². The minimum Gasteiger partial charge on any atom is -0.396 e. The fourth-order valence-electron chi connectivity index (χ4n) is 0.710. The Morgan fingerprint density at radius 3 is 1.62 bits per heavy atom. The standard InChI is InChI=1S/C6H12.C5H12O.C3H8O/c1-3-5-6-4-2;1-2-3-4-5-6;1-3(2)4/h3H,1,4-6H2,2H3;6H,2-5H2,1H3;3-4H,1-2H3. The zero-order valence-electron chi connectivity index (χ0n) is 11.7. The molecule has 0 spiro atoms. The van der Waals surface area contributed by atoms with E-state index < -0.39 is 0 Å². The van der Waals surface area contributed by atoms with Crippen LogP contribution in [0.1, 0.15) is 66.2 Å². The molecule has 0 radical (unpaired) electrons. The van der Waals surface area contributed by atoms with E-state index in [1.807, 2.05) is 6.08 Å². The van der Waals surface area contributed by atoms with Crippen molar-refractivity contribution in [3.05, 3.63) is 12.7 Å². The molecule has 0 rings (SSSR count). The third-order valence-corrected chi connectivity index (χ3v) is 1.52. The Morgan fingerprint density at radius 2 is 1.50 bits per heavy atom. The number of aliphatic hydroxyl groups is 2. The summed E-state index contributed by atoms with van der Waals surface area (Å²) in [6, 6.07) is 0. The van der Waals surface area contributed by atoms with E-state index in [2.05, 4.69) is 20.4 Å². The van der Waals surface area contributed by atoms with E-state index in [1.165, 1.54) is 25.7 Å². The largest absolute Gasteiger partial charge is 0.396 e. The van der Waals surface area contributed by atoms with Crippen LogP contribution in [0.2, 0.25) is 0 Å². The van der Waals surface area contributed by atoms with Crippen LogP contribution in [0.15, 0.2) is 12.7 Å². The van der Waals surface area contributed by atoms with Gasteiger partial charge in [0.15, 0.2) is 0 Å². The monoisotopic (exact) mass is 232 g/mol. The summed E-state index contributed by atoms with van der Waals surface area (Å²) in [7, 11) is 0. The van der Waals surface area contributed by atoms with Gasteiger partial charge in [-0.3, -0.25) is 0 Å². The molecule has 2 N–H and O–H groups in total. The van der Waals surface area contributed by atoms with Crippen LogP contribution >= 0.6 is 0 Å². The van der Waals surface area contributed by atoms with E-state index in [-0.39, 0.29) is 6.10 Å². The highest BCUT2D eigenvalue weighted by Gasteiger charge is 1.76. The average Bonchev–Trinajstić information content (AvgIpc) is 2.23. The summed E-state index contributed by atoms with van der Waals surface area (Å²) in [5.74, 6) is 0. The summed E-state index contributed by atoms with van der Waals surface area (Å²) in [4.78, 5) is 0. The summed E-state index contributed by atoms with van der Waals surface area (Å²) in [5, 5.41) is 16.3. The van der Waals surface area contributed by atoms with E-state index in [4.69, 9.17) is 10.2 Å². The fourth-order valence-corrected chi connectivity index (χ4v) is 0.710. The van der Waals surface area contributed by atoms with Gasteiger partial charge in [-0.15, -0.1) is 6.58 Å². The number of allylic oxidation sites excluding steroid dienone is 1. The fraction of sp³-hybridized carbons (Fsp3) is 0.857. The molecule has 0 saturated heterocycles. The van der Waals surface area contributed by atoms with E-state index in [0.29, 0.717) is 6.61 Å². The highest BCUT2D eigenvalue weighted by atomic mass is 16.3. The van der Waals surface area contributed by atoms with Crippen molar-refractivity contribution < 1.29 is 10.2 Å². The molecule has 0 bridgehead atoms. The number of hydrogen-bond donors (Lipinski definition) is 2. The molecule has 0 fully saturated rings. The van der Waals surface area contributed by atoms with E-state index in [0.717, 1.165) is 12.8 Å². The van der Waals surface area contributed by atoms with Crippen LogP contribution < -0.4 is 0 Å². The summed E-state index contributed by atoms with van der Waals surface area (Å²) in [5.41, 5.74) is 0. The van der Waals surface area contributed by atoms with Gasteiger partial charge in [-0.25, -0.2) is 0 Å². The molecule has 0 aromatic carbocycles. The predicted octanol–water partition coefficient (Wildman–Crippen LogP) is 3.92. The maximum absolute atomic E-state index is 8.20. The van der Waals surface area contributed by atoms with Crippen molar-refractivity contribution in [3.8, 4) is 0 Å². The van der Waals surface area contributed by atoms with Gasteiger partial charge in [-0.1, -0.05) is 45.6 Å². The van der Waals surface area contributed by atoms with Crippen molar-refractivity contribution in [2.75, 3.05) is 6.61 Å². The van der Waals surface area contributed by atoms with Crippen molar-refractivity contribution in [2.45, 2.75) is 72.3 Å². The van der Waals surface area contributed by atoms with Crippen LogP contribution in [-0.2, 0) is 0 Å². The van der Waals surface area contributed by atoms with Crippen molar-refractivity contribution in [3.63, 3.8) is 0 Å². The van der Waals surface area contributed by atoms with Gasteiger partial charge in [0.2, 0.25) is 0 Å². The number of aliphatic hydroxyl groups excluding tert-OH is 2. The Morgan fingerprint density at radius 1 is 1.06 bits per heavy atom. The molecule has 0 unspecified atom stereocenters. The predicted molar refractivity (Wildman–Crippen MR) is 73.7 cm³/mol. The Hall–Kier alpha value is -0.340. The Balaban J connectivity index is -0.000000162. The van der Waals surface area contributed by atoms with E-state index >= 15 is 0 Å². The summed E-state index contributed by atoms with van der Waals surface area (Å²) in [6.07, 6.45) is 8.88. The molecule has 0 aliphatic carbocycles. The zero-order valence-corrected chi connectivity index (χ0v) is 11.7. The third-order valence-electron chi connectivity index (χ3n) is 1.52. The molecule has 100 valence electrons. The summed E-state index contributed by atoms with van der Waals surface area (Å²) < 4.78 is 0. The summed E-state index contributed by atoms with van der Waals surface area (Å²) >= 11 is 0. The molecular weight excluding hydrogens is 200 g/mol. The first kappa shape index (κ1) is 21.0. The van der Waals surface area contributed by atoms with Crippen molar-refractivity contribution in [1.82, 2.24) is 0 Å². The van der Waals surface area contributed by atoms with Crippen LogP contribution in [0.5, 0.6) is 0 Å². The first-order valence-corrected chi connectivity index (χ1v) is 6.46. The quantitative estimate of drug-likeness (QED) is 0.538. The van der Waals surface area contributed by atoms with Gasteiger partial charge in [0.1, 0.15) is 0 Å². The molecule has 0 atom stereocenters. The Kier molecular flexibility index (Phi) is 31.6. The lowest BCUT2D eigenvalue weighted by atomic mass is 10.3. The van der Waals surface area contributed by atoms with Gasteiger partial charge in [0.25, 0.3) is 0 Å². The van der Waals surface area contributed by atoms with Crippen LogP contribution in [0.4, 0.5) is 0 Å². The van der Waals surface area contributed by atoms with Crippen LogP contribution in [0.25, 0.3) is 0 Å². The number of hydrogen-bond acceptors (Lipinski definition) is 2. The lowest BCUT2D eigenvalue weighted by molar-refractivity contribution is 0.216. The first-order chi connectivity index (χ1) is 7.56. The Bertz CT molecular complexity index is 94.2. The molecule has 0 aliphatic heterocycles. The second-order valence-corrected chi connectivity index (χ2v) is 3.96. The average molecular weight is 232 g/mol. The molecule has 0 aliphatic rings. The minimum absolute atomic E-state index is 0.167. The van der Waals surface area contributed by atoms with Gasteiger partial charge in [0, 0.05) is 12.7 Å². The molecule has 0 heterocycles. The molecule has 2 heteroatoms. The zero-order chi connectivity index (χ0) is 13.2. The molecular formula is C14H32O2. The van der Waals surface area contributed by atoms with E-state index in [1.54, 1.807) is 13.8 Å². The Labute approximate surface area is 102 Å². The van der Waals surface area contributed by atoms with E-state index in [9.17, 15) is 0 Å². The molecule has 0 amide bonds. The lowest BCUT2D eigenvalue weighted by Gasteiger charge is -1.85. The maximum atomic E-state index is 8.20.